The standard InChI is InChI=1S/C19H22F3N7O4/c1-9-8-32-4-3-28(9)17-25-12(11-6-24-16(23)27-15(11)19(20,21)22)5-14(26-17)29-13(7-30)10(2)33-18(29)31/h5-6,9-10,13,30H,3-4,7-8H2,1-2H3,(H2,23,24,27)/t9-,10+,13-/m0/s1. The normalized spacial score (nSPS) is 23.7. The maximum atomic E-state index is 13.7. The summed E-state index contributed by atoms with van der Waals surface area (Å²) in [6.45, 7) is 4.14. The lowest BCUT2D eigenvalue weighted by Gasteiger charge is -2.34. The number of alkyl halides is 3. The Morgan fingerprint density at radius 1 is 1.27 bits per heavy atom. The molecule has 2 aromatic rings. The number of carbonyl (C=O) groups excluding carboxylic acids is 1. The molecule has 14 heteroatoms. The van der Waals surface area contributed by atoms with Gasteiger partial charge in [-0.3, -0.25) is 4.90 Å². The number of hydrogen-bond acceptors (Lipinski definition) is 10. The summed E-state index contributed by atoms with van der Waals surface area (Å²) in [7, 11) is 0. The van der Waals surface area contributed by atoms with Crippen molar-refractivity contribution in [2.45, 2.75) is 38.2 Å². The van der Waals surface area contributed by atoms with Gasteiger partial charge in [0.2, 0.25) is 11.9 Å². The second-order valence-corrected chi connectivity index (χ2v) is 7.73. The minimum Gasteiger partial charge on any atom is -0.444 e. The Balaban J connectivity index is 1.91. The molecule has 2 aliphatic heterocycles. The summed E-state index contributed by atoms with van der Waals surface area (Å²) in [5, 5.41) is 9.79. The molecule has 11 nitrogen and oxygen atoms in total. The van der Waals surface area contributed by atoms with Crippen LogP contribution < -0.4 is 15.5 Å². The van der Waals surface area contributed by atoms with Crippen molar-refractivity contribution in [3.8, 4) is 11.3 Å². The second kappa shape index (κ2) is 8.59. The lowest BCUT2D eigenvalue weighted by atomic mass is 10.1. The molecule has 2 aliphatic rings. The summed E-state index contributed by atoms with van der Waals surface area (Å²) in [4.78, 5) is 31.2. The van der Waals surface area contributed by atoms with E-state index in [4.69, 9.17) is 15.2 Å². The Morgan fingerprint density at radius 2 is 2.03 bits per heavy atom. The van der Waals surface area contributed by atoms with Crippen LogP contribution in [-0.2, 0) is 15.7 Å². The van der Waals surface area contributed by atoms with Crippen LogP contribution in [0, 0.1) is 0 Å². The molecule has 2 fully saturated rings. The van der Waals surface area contributed by atoms with E-state index in [1.54, 1.807) is 11.8 Å². The third-order valence-corrected chi connectivity index (χ3v) is 5.47. The first-order chi connectivity index (χ1) is 15.6. The third kappa shape index (κ3) is 4.35. The zero-order valence-corrected chi connectivity index (χ0v) is 17.8. The van der Waals surface area contributed by atoms with Crippen LogP contribution in [0.5, 0.6) is 0 Å². The quantitative estimate of drug-likeness (QED) is 0.676. The maximum absolute atomic E-state index is 13.7. The SMILES string of the molecule is C[C@H]1OC(=O)N(c2cc(-c3cnc(N)nc3C(F)(F)F)nc(N3CCOC[C@@H]3C)n2)[C@H]1CO. The average molecular weight is 469 g/mol. The highest BCUT2D eigenvalue weighted by atomic mass is 19.4. The molecule has 0 radical (unpaired) electrons. The monoisotopic (exact) mass is 469 g/mol. The van der Waals surface area contributed by atoms with Gasteiger partial charge in [0.25, 0.3) is 0 Å². The van der Waals surface area contributed by atoms with Gasteiger partial charge in [0, 0.05) is 24.4 Å². The molecule has 178 valence electrons. The number of cyclic esters (lactones) is 1. The number of nitrogen functional groups attached to an aromatic ring is 1. The van der Waals surface area contributed by atoms with Gasteiger partial charge in [-0.1, -0.05) is 0 Å². The minimum absolute atomic E-state index is 0.0213. The van der Waals surface area contributed by atoms with E-state index in [0.29, 0.717) is 19.8 Å². The first kappa shape index (κ1) is 22.9. The Morgan fingerprint density at radius 3 is 2.70 bits per heavy atom. The molecule has 1 amide bonds. The van der Waals surface area contributed by atoms with Crippen LogP contribution in [0.4, 0.5) is 35.7 Å². The van der Waals surface area contributed by atoms with Gasteiger partial charge in [-0.15, -0.1) is 0 Å². The molecular weight excluding hydrogens is 447 g/mol. The number of nitrogens with zero attached hydrogens (tertiary/aromatic N) is 6. The number of rotatable bonds is 4. The lowest BCUT2D eigenvalue weighted by molar-refractivity contribution is -0.140. The average Bonchev–Trinajstić information content (AvgIpc) is 3.05. The van der Waals surface area contributed by atoms with Gasteiger partial charge in [-0.05, 0) is 13.8 Å². The molecule has 0 spiro atoms. The van der Waals surface area contributed by atoms with E-state index >= 15 is 0 Å². The first-order valence-corrected chi connectivity index (χ1v) is 10.1. The van der Waals surface area contributed by atoms with Crippen LogP contribution in [0.2, 0.25) is 0 Å². The fraction of sp³-hybridized carbons (Fsp3) is 0.526. The molecule has 4 heterocycles. The smallest absolute Gasteiger partial charge is 0.434 e. The number of aliphatic hydroxyl groups is 1. The number of aromatic nitrogens is 4. The molecule has 0 saturated carbocycles. The van der Waals surface area contributed by atoms with E-state index in [9.17, 15) is 23.1 Å². The van der Waals surface area contributed by atoms with Gasteiger partial charge in [0.15, 0.2) is 5.69 Å². The number of morpholine rings is 1. The van der Waals surface area contributed by atoms with Gasteiger partial charge in [0.1, 0.15) is 18.0 Å². The Labute approximate surface area is 186 Å². The number of aliphatic hydroxyl groups excluding tert-OH is 1. The fourth-order valence-corrected chi connectivity index (χ4v) is 3.77. The number of carbonyl (C=O) groups is 1. The lowest BCUT2D eigenvalue weighted by Crippen LogP contribution is -2.45. The van der Waals surface area contributed by atoms with E-state index < -0.39 is 48.2 Å². The molecular formula is C19H22F3N7O4. The van der Waals surface area contributed by atoms with Gasteiger partial charge in [-0.2, -0.15) is 18.2 Å². The molecule has 0 unspecified atom stereocenters. The molecule has 2 saturated heterocycles. The summed E-state index contributed by atoms with van der Waals surface area (Å²) < 4.78 is 51.8. The zero-order chi connectivity index (χ0) is 23.9. The van der Waals surface area contributed by atoms with Crippen LogP contribution in [0.3, 0.4) is 0 Å². The van der Waals surface area contributed by atoms with Gasteiger partial charge in [-0.25, -0.2) is 19.7 Å². The van der Waals surface area contributed by atoms with Crippen LogP contribution in [0.15, 0.2) is 12.3 Å². The maximum Gasteiger partial charge on any atom is 0.434 e. The van der Waals surface area contributed by atoms with Crippen molar-refractivity contribution in [3.05, 3.63) is 18.0 Å². The molecule has 3 atom stereocenters. The van der Waals surface area contributed by atoms with E-state index in [1.165, 1.54) is 6.07 Å². The zero-order valence-electron chi connectivity index (χ0n) is 17.8. The third-order valence-electron chi connectivity index (χ3n) is 5.47. The van der Waals surface area contributed by atoms with E-state index in [2.05, 4.69) is 19.9 Å². The van der Waals surface area contributed by atoms with Gasteiger partial charge in [0.05, 0.1) is 31.6 Å². The highest BCUT2D eigenvalue weighted by molar-refractivity contribution is 5.90. The second-order valence-electron chi connectivity index (χ2n) is 7.73. The number of halogens is 3. The molecule has 33 heavy (non-hydrogen) atoms. The number of ether oxygens (including phenoxy) is 2. The first-order valence-electron chi connectivity index (χ1n) is 10.1. The highest BCUT2D eigenvalue weighted by Gasteiger charge is 2.42. The molecule has 0 aromatic carbocycles. The van der Waals surface area contributed by atoms with Crippen molar-refractivity contribution in [2.24, 2.45) is 0 Å². The van der Waals surface area contributed by atoms with Crippen LogP contribution >= 0.6 is 0 Å². The number of anilines is 3. The van der Waals surface area contributed by atoms with E-state index in [1.807, 2.05) is 6.92 Å². The largest absolute Gasteiger partial charge is 0.444 e. The van der Waals surface area contributed by atoms with Crippen molar-refractivity contribution in [2.75, 3.05) is 41.9 Å². The predicted molar refractivity (Wildman–Crippen MR) is 109 cm³/mol. The van der Waals surface area contributed by atoms with Crippen molar-refractivity contribution in [3.63, 3.8) is 0 Å². The van der Waals surface area contributed by atoms with E-state index in [0.717, 1.165) is 11.1 Å². The number of amides is 1. The molecule has 0 bridgehead atoms. The van der Waals surface area contributed by atoms with Crippen molar-refractivity contribution < 1.29 is 32.5 Å². The van der Waals surface area contributed by atoms with Crippen molar-refractivity contribution in [1.29, 1.82) is 0 Å². The Kier molecular flexibility index (Phi) is 5.97. The fourth-order valence-electron chi connectivity index (χ4n) is 3.77. The van der Waals surface area contributed by atoms with Crippen molar-refractivity contribution in [1.82, 2.24) is 19.9 Å². The Hall–Kier alpha value is -3.26. The van der Waals surface area contributed by atoms with Gasteiger partial charge < -0.3 is 25.2 Å². The van der Waals surface area contributed by atoms with Gasteiger partial charge >= 0.3 is 12.3 Å². The molecule has 0 aliphatic carbocycles. The van der Waals surface area contributed by atoms with E-state index in [-0.39, 0.29) is 23.5 Å². The summed E-state index contributed by atoms with van der Waals surface area (Å²) >= 11 is 0. The summed E-state index contributed by atoms with van der Waals surface area (Å²) in [6.07, 6.45) is -5.34. The minimum atomic E-state index is -4.83. The topological polar surface area (TPSA) is 140 Å². The summed E-state index contributed by atoms with van der Waals surface area (Å²) in [6, 6.07) is 0.255. The molecule has 3 N–H and O–H groups in total. The predicted octanol–water partition coefficient (Wildman–Crippen LogP) is 1.47. The molecule has 4 rings (SSSR count). The van der Waals surface area contributed by atoms with Crippen molar-refractivity contribution >= 4 is 23.8 Å². The Bertz CT molecular complexity index is 1050. The summed E-state index contributed by atoms with van der Waals surface area (Å²) in [5.41, 5.74) is 3.54. The number of hydrogen-bond donors (Lipinski definition) is 2. The highest BCUT2D eigenvalue weighted by Crippen LogP contribution is 2.37. The molecule has 2 aromatic heterocycles. The number of nitrogens with two attached hydrogens (primary N) is 1. The van der Waals surface area contributed by atoms with Crippen LogP contribution in [0.1, 0.15) is 19.5 Å². The summed E-state index contributed by atoms with van der Waals surface area (Å²) in [5.74, 6) is -0.473. The van der Waals surface area contributed by atoms with Crippen LogP contribution in [-0.4, -0.2) is 75.7 Å². The van der Waals surface area contributed by atoms with Crippen LogP contribution in [0.25, 0.3) is 11.3 Å².